The Balaban J connectivity index is 1.91. The van der Waals surface area contributed by atoms with Gasteiger partial charge in [-0.15, -0.1) is 0 Å². The maximum absolute atomic E-state index is 13.7. The van der Waals surface area contributed by atoms with Crippen LogP contribution in [-0.4, -0.2) is 35.0 Å². The minimum Gasteiger partial charge on any atom is -0.303 e. The fourth-order valence-electron chi connectivity index (χ4n) is 4.96. The van der Waals surface area contributed by atoms with Crippen LogP contribution in [0.1, 0.15) is 53.7 Å². The Morgan fingerprint density at radius 3 is 2.16 bits per heavy atom. The van der Waals surface area contributed by atoms with Gasteiger partial charge in [0.1, 0.15) is 0 Å². The predicted molar refractivity (Wildman–Crippen MR) is 136 cm³/mol. The van der Waals surface area contributed by atoms with Crippen LogP contribution in [0.25, 0.3) is 21.8 Å². The SMILES string of the molecule is CCCN(CCC)CCc1cccc2c1c1c(C)ccc(C)c1n2C(=O)c1ccccc1. The molecule has 1 heterocycles. The summed E-state index contributed by atoms with van der Waals surface area (Å²) in [7, 11) is 0. The van der Waals surface area contributed by atoms with Crippen LogP contribution >= 0.6 is 0 Å². The van der Waals surface area contributed by atoms with Gasteiger partial charge < -0.3 is 4.90 Å². The van der Waals surface area contributed by atoms with E-state index in [9.17, 15) is 4.79 Å². The van der Waals surface area contributed by atoms with Gasteiger partial charge in [-0.05, 0) is 81.1 Å². The van der Waals surface area contributed by atoms with Gasteiger partial charge in [-0.2, -0.15) is 0 Å². The normalized spacial score (nSPS) is 11.7. The molecule has 0 bridgehead atoms. The van der Waals surface area contributed by atoms with E-state index in [-0.39, 0.29) is 5.91 Å². The number of carbonyl (C=O) groups is 1. The van der Waals surface area contributed by atoms with Crippen molar-refractivity contribution in [3.8, 4) is 0 Å². The van der Waals surface area contributed by atoms with E-state index in [0.29, 0.717) is 0 Å². The highest BCUT2D eigenvalue weighted by atomic mass is 16.2. The Hall–Kier alpha value is -2.91. The van der Waals surface area contributed by atoms with Gasteiger partial charge in [0.15, 0.2) is 0 Å². The minimum atomic E-state index is 0.0371. The maximum Gasteiger partial charge on any atom is 0.262 e. The molecule has 0 saturated heterocycles. The summed E-state index contributed by atoms with van der Waals surface area (Å²) in [6.45, 7) is 12.1. The van der Waals surface area contributed by atoms with Gasteiger partial charge >= 0.3 is 0 Å². The van der Waals surface area contributed by atoms with Crippen LogP contribution in [0.2, 0.25) is 0 Å². The highest BCUT2D eigenvalue weighted by Crippen LogP contribution is 2.36. The first-order valence-corrected chi connectivity index (χ1v) is 11.9. The molecule has 1 aromatic heterocycles. The van der Waals surface area contributed by atoms with Crippen LogP contribution in [0.3, 0.4) is 0 Å². The standard InChI is InChI=1S/C29H34N2O/c1-5-18-30(19-6-2)20-17-23-13-10-14-25-27(23)26-21(3)15-16-22(4)28(26)31(25)29(32)24-11-8-7-9-12-24/h7-16H,5-6,17-20H2,1-4H3. The van der Waals surface area contributed by atoms with Crippen LogP contribution in [0.5, 0.6) is 0 Å². The second kappa shape index (κ2) is 9.70. The van der Waals surface area contributed by atoms with E-state index < -0.39 is 0 Å². The lowest BCUT2D eigenvalue weighted by molar-refractivity contribution is 0.0969. The molecule has 4 aromatic rings. The van der Waals surface area contributed by atoms with Crippen molar-refractivity contribution < 1.29 is 4.79 Å². The summed E-state index contributed by atoms with van der Waals surface area (Å²) in [5.74, 6) is 0.0371. The van der Waals surface area contributed by atoms with Gasteiger partial charge in [-0.25, -0.2) is 0 Å². The van der Waals surface area contributed by atoms with E-state index in [0.717, 1.165) is 48.2 Å². The van der Waals surface area contributed by atoms with Crippen LogP contribution < -0.4 is 0 Å². The molecule has 0 unspecified atom stereocenters. The van der Waals surface area contributed by atoms with Gasteiger partial charge in [0.05, 0.1) is 11.0 Å². The molecule has 0 aliphatic carbocycles. The van der Waals surface area contributed by atoms with Gasteiger partial charge in [0, 0.05) is 22.9 Å². The Labute approximate surface area is 191 Å². The van der Waals surface area contributed by atoms with E-state index in [1.165, 1.54) is 34.7 Å². The van der Waals surface area contributed by atoms with Gasteiger partial charge in [-0.1, -0.05) is 56.3 Å². The molecule has 0 radical (unpaired) electrons. The molecule has 0 saturated carbocycles. The number of fused-ring (bicyclic) bond motifs is 3. The topological polar surface area (TPSA) is 25.2 Å². The minimum absolute atomic E-state index is 0.0371. The summed E-state index contributed by atoms with van der Waals surface area (Å²) in [5, 5.41) is 2.46. The molecular formula is C29H34N2O. The van der Waals surface area contributed by atoms with E-state index in [1.54, 1.807) is 0 Å². The molecule has 0 atom stereocenters. The van der Waals surface area contributed by atoms with Crippen LogP contribution in [0, 0.1) is 13.8 Å². The molecule has 0 amide bonds. The second-order valence-corrected chi connectivity index (χ2v) is 8.83. The number of hydrogen-bond acceptors (Lipinski definition) is 2. The summed E-state index contributed by atoms with van der Waals surface area (Å²) < 4.78 is 1.95. The van der Waals surface area contributed by atoms with Crippen molar-refractivity contribution in [3.05, 3.63) is 82.9 Å². The van der Waals surface area contributed by atoms with Crippen molar-refractivity contribution in [1.29, 1.82) is 0 Å². The molecule has 3 heteroatoms. The zero-order chi connectivity index (χ0) is 22.7. The van der Waals surface area contributed by atoms with Crippen molar-refractivity contribution >= 4 is 27.7 Å². The number of benzene rings is 3. The largest absolute Gasteiger partial charge is 0.303 e. The molecule has 3 nitrogen and oxygen atoms in total. The number of nitrogens with zero attached hydrogens (tertiary/aromatic N) is 2. The first kappa shape index (κ1) is 22.3. The molecule has 166 valence electrons. The number of rotatable bonds is 8. The molecule has 32 heavy (non-hydrogen) atoms. The Morgan fingerprint density at radius 2 is 1.47 bits per heavy atom. The lowest BCUT2D eigenvalue weighted by Crippen LogP contribution is -2.27. The third-order valence-electron chi connectivity index (χ3n) is 6.43. The Kier molecular flexibility index (Phi) is 6.76. The van der Waals surface area contributed by atoms with Crippen LogP contribution in [0.4, 0.5) is 0 Å². The van der Waals surface area contributed by atoms with Gasteiger partial charge in [-0.3, -0.25) is 9.36 Å². The quantitative estimate of drug-likeness (QED) is 0.311. The van der Waals surface area contributed by atoms with E-state index >= 15 is 0 Å². The average molecular weight is 427 g/mol. The van der Waals surface area contributed by atoms with Crippen molar-refractivity contribution in [2.75, 3.05) is 19.6 Å². The Morgan fingerprint density at radius 1 is 0.781 bits per heavy atom. The number of aromatic nitrogens is 1. The Bertz CT molecular complexity index is 1230. The van der Waals surface area contributed by atoms with Gasteiger partial charge in [0.2, 0.25) is 0 Å². The van der Waals surface area contributed by atoms with Crippen molar-refractivity contribution in [1.82, 2.24) is 9.47 Å². The highest BCUT2D eigenvalue weighted by molar-refractivity contribution is 6.19. The molecule has 0 aliphatic rings. The van der Waals surface area contributed by atoms with Crippen LogP contribution in [-0.2, 0) is 6.42 Å². The lowest BCUT2D eigenvalue weighted by atomic mass is 9.99. The lowest BCUT2D eigenvalue weighted by Gasteiger charge is -2.21. The van der Waals surface area contributed by atoms with Crippen molar-refractivity contribution in [2.24, 2.45) is 0 Å². The number of hydrogen-bond donors (Lipinski definition) is 0. The third kappa shape index (κ3) is 4.10. The van der Waals surface area contributed by atoms with E-state index in [1.807, 2.05) is 34.9 Å². The molecule has 0 aliphatic heterocycles. The van der Waals surface area contributed by atoms with Crippen LogP contribution in [0.15, 0.2) is 60.7 Å². The molecular weight excluding hydrogens is 392 g/mol. The third-order valence-corrected chi connectivity index (χ3v) is 6.43. The van der Waals surface area contributed by atoms with E-state index in [2.05, 4.69) is 62.9 Å². The summed E-state index contributed by atoms with van der Waals surface area (Å²) in [4.78, 5) is 16.3. The second-order valence-electron chi connectivity index (χ2n) is 8.83. The van der Waals surface area contributed by atoms with Crippen molar-refractivity contribution in [3.63, 3.8) is 0 Å². The zero-order valence-electron chi connectivity index (χ0n) is 19.8. The van der Waals surface area contributed by atoms with E-state index in [4.69, 9.17) is 0 Å². The molecule has 3 aromatic carbocycles. The molecule has 4 rings (SSSR count). The van der Waals surface area contributed by atoms with Crippen molar-refractivity contribution in [2.45, 2.75) is 47.0 Å². The molecule has 0 N–H and O–H groups in total. The zero-order valence-corrected chi connectivity index (χ0v) is 19.8. The summed E-state index contributed by atoms with van der Waals surface area (Å²) in [6.07, 6.45) is 3.34. The predicted octanol–water partition coefficient (Wildman–Crippen LogP) is 6.76. The van der Waals surface area contributed by atoms with Gasteiger partial charge in [0.25, 0.3) is 5.91 Å². The molecule has 0 fully saturated rings. The first-order chi connectivity index (χ1) is 15.6. The number of aryl methyl sites for hydroxylation is 2. The summed E-state index contributed by atoms with van der Waals surface area (Å²) >= 11 is 0. The fraction of sp³-hybridized carbons (Fsp3) is 0.345. The summed E-state index contributed by atoms with van der Waals surface area (Å²) in [6, 6.07) is 20.4. The maximum atomic E-state index is 13.7. The highest BCUT2D eigenvalue weighted by Gasteiger charge is 2.22. The summed E-state index contributed by atoms with van der Waals surface area (Å²) in [5.41, 5.74) is 6.46. The smallest absolute Gasteiger partial charge is 0.262 e. The molecule has 0 spiro atoms. The number of carbonyl (C=O) groups excluding carboxylic acids is 1. The average Bonchev–Trinajstić information content (AvgIpc) is 3.17. The fourth-order valence-corrected chi connectivity index (χ4v) is 4.96. The monoisotopic (exact) mass is 426 g/mol. The first-order valence-electron chi connectivity index (χ1n) is 11.9.